The van der Waals surface area contributed by atoms with Crippen LogP contribution in [0.2, 0.25) is 0 Å². The molecule has 1 aromatic carbocycles. The minimum atomic E-state index is -4.31. The van der Waals surface area contributed by atoms with Crippen LogP contribution in [-0.4, -0.2) is 25.2 Å². The molecule has 0 aliphatic rings. The molecular formula is C11H12BrF3N2O. The molecule has 1 aromatic rings. The van der Waals surface area contributed by atoms with Crippen LogP contribution in [0.15, 0.2) is 22.7 Å². The molecule has 0 saturated heterocycles. The van der Waals surface area contributed by atoms with Crippen LogP contribution in [0.25, 0.3) is 0 Å². The Morgan fingerprint density at radius 2 is 2.06 bits per heavy atom. The number of alkyl halides is 3. The molecule has 0 bridgehead atoms. The highest BCUT2D eigenvalue weighted by Crippen LogP contribution is 2.20. The third-order valence-corrected chi connectivity index (χ3v) is 2.58. The summed E-state index contributed by atoms with van der Waals surface area (Å²) in [7, 11) is 0. The van der Waals surface area contributed by atoms with Crippen LogP contribution in [0, 0.1) is 6.92 Å². The molecule has 0 unspecified atom stereocenters. The van der Waals surface area contributed by atoms with Gasteiger partial charge in [-0.05, 0) is 24.6 Å². The van der Waals surface area contributed by atoms with Gasteiger partial charge in [0.1, 0.15) is 0 Å². The molecule has 0 atom stereocenters. The van der Waals surface area contributed by atoms with Crippen molar-refractivity contribution in [2.75, 3.05) is 18.4 Å². The van der Waals surface area contributed by atoms with Gasteiger partial charge in [0.2, 0.25) is 5.91 Å². The van der Waals surface area contributed by atoms with Gasteiger partial charge in [-0.2, -0.15) is 13.2 Å². The summed E-state index contributed by atoms with van der Waals surface area (Å²) in [5.74, 6) is -0.513. The average molecular weight is 325 g/mol. The molecule has 0 saturated carbocycles. The van der Waals surface area contributed by atoms with Gasteiger partial charge >= 0.3 is 6.18 Å². The largest absolute Gasteiger partial charge is 0.401 e. The summed E-state index contributed by atoms with van der Waals surface area (Å²) in [5.41, 5.74) is 1.41. The van der Waals surface area contributed by atoms with Crippen LogP contribution in [0.5, 0.6) is 0 Å². The lowest BCUT2D eigenvalue weighted by atomic mass is 10.2. The van der Waals surface area contributed by atoms with Crippen LogP contribution in [0.1, 0.15) is 5.56 Å². The van der Waals surface area contributed by atoms with Gasteiger partial charge in [0.25, 0.3) is 0 Å². The smallest absolute Gasteiger partial charge is 0.325 e. The van der Waals surface area contributed by atoms with Crippen molar-refractivity contribution in [1.29, 1.82) is 0 Å². The van der Waals surface area contributed by atoms with Crippen molar-refractivity contribution in [3.63, 3.8) is 0 Å². The summed E-state index contributed by atoms with van der Waals surface area (Å²) in [6.45, 7) is 0.231. The molecule has 0 spiro atoms. The Kier molecular flexibility index (Phi) is 5.15. The summed E-state index contributed by atoms with van der Waals surface area (Å²) < 4.78 is 36.3. The van der Waals surface area contributed by atoms with Crippen LogP contribution in [-0.2, 0) is 4.79 Å². The van der Waals surface area contributed by atoms with Crippen molar-refractivity contribution < 1.29 is 18.0 Å². The molecule has 2 N–H and O–H groups in total. The number of rotatable bonds is 4. The third kappa shape index (κ3) is 5.50. The first-order valence-electron chi connectivity index (χ1n) is 5.11. The maximum absolute atomic E-state index is 11.8. The zero-order chi connectivity index (χ0) is 13.8. The standard InChI is InChI=1S/C11H12BrF3N2O/c1-7-2-3-8(12)4-9(7)17-10(18)5-16-6-11(13,14)15/h2-4,16H,5-6H2,1H3,(H,17,18). The number of aryl methyl sites for hydroxylation is 1. The molecule has 18 heavy (non-hydrogen) atoms. The molecule has 3 nitrogen and oxygen atoms in total. The monoisotopic (exact) mass is 324 g/mol. The lowest BCUT2D eigenvalue weighted by Crippen LogP contribution is -2.35. The minimum absolute atomic E-state index is 0.383. The first-order valence-corrected chi connectivity index (χ1v) is 5.91. The lowest BCUT2D eigenvalue weighted by molar-refractivity contribution is -0.126. The van der Waals surface area contributed by atoms with Crippen LogP contribution in [0.3, 0.4) is 0 Å². The highest BCUT2D eigenvalue weighted by atomic mass is 79.9. The molecule has 1 rings (SSSR count). The van der Waals surface area contributed by atoms with Gasteiger partial charge in [0.15, 0.2) is 0 Å². The molecule has 7 heteroatoms. The Bertz CT molecular complexity index is 435. The Hall–Kier alpha value is -1.08. The molecular weight excluding hydrogens is 313 g/mol. The van der Waals surface area contributed by atoms with Crippen LogP contribution < -0.4 is 10.6 Å². The highest BCUT2D eigenvalue weighted by Gasteiger charge is 2.26. The van der Waals surface area contributed by atoms with Crippen LogP contribution >= 0.6 is 15.9 Å². The topological polar surface area (TPSA) is 41.1 Å². The molecule has 100 valence electrons. The van der Waals surface area contributed by atoms with E-state index in [1.165, 1.54) is 0 Å². The van der Waals surface area contributed by atoms with E-state index in [4.69, 9.17) is 0 Å². The number of nitrogens with one attached hydrogen (secondary N) is 2. The summed E-state index contributed by atoms with van der Waals surface area (Å²) in [6.07, 6.45) is -4.31. The summed E-state index contributed by atoms with van der Waals surface area (Å²) >= 11 is 3.25. The summed E-state index contributed by atoms with van der Waals surface area (Å²) in [5, 5.41) is 4.57. The first kappa shape index (κ1) is 15.0. The molecule has 0 radical (unpaired) electrons. The fourth-order valence-corrected chi connectivity index (χ4v) is 1.60. The SMILES string of the molecule is Cc1ccc(Br)cc1NC(=O)CNCC(F)(F)F. The van der Waals surface area contributed by atoms with Crippen molar-refractivity contribution in [3.8, 4) is 0 Å². The van der Waals surface area contributed by atoms with E-state index in [1.807, 2.05) is 11.4 Å². The molecule has 0 aliphatic heterocycles. The van der Waals surface area contributed by atoms with Gasteiger partial charge in [-0.3, -0.25) is 4.79 Å². The zero-order valence-corrected chi connectivity index (χ0v) is 11.2. The molecule has 0 heterocycles. The third-order valence-electron chi connectivity index (χ3n) is 2.08. The normalized spacial score (nSPS) is 11.4. The first-order chi connectivity index (χ1) is 8.28. The number of benzene rings is 1. The van der Waals surface area contributed by atoms with Crippen LogP contribution in [0.4, 0.5) is 18.9 Å². The number of carbonyl (C=O) groups excluding carboxylic acids is 1. The van der Waals surface area contributed by atoms with E-state index in [1.54, 1.807) is 19.1 Å². The number of hydrogen-bond acceptors (Lipinski definition) is 2. The van der Waals surface area contributed by atoms with Crippen molar-refractivity contribution >= 4 is 27.5 Å². The van der Waals surface area contributed by atoms with Gasteiger partial charge in [0.05, 0.1) is 13.1 Å². The van der Waals surface area contributed by atoms with Gasteiger partial charge in [-0.1, -0.05) is 22.0 Å². The number of halogens is 4. The number of anilines is 1. The average Bonchev–Trinajstić information content (AvgIpc) is 2.21. The van der Waals surface area contributed by atoms with E-state index in [9.17, 15) is 18.0 Å². The van der Waals surface area contributed by atoms with Crippen molar-refractivity contribution in [2.24, 2.45) is 0 Å². The minimum Gasteiger partial charge on any atom is -0.325 e. The maximum atomic E-state index is 11.8. The molecule has 1 amide bonds. The van der Waals surface area contributed by atoms with Gasteiger partial charge < -0.3 is 10.6 Å². The van der Waals surface area contributed by atoms with Gasteiger partial charge in [-0.25, -0.2) is 0 Å². The van der Waals surface area contributed by atoms with Crippen molar-refractivity contribution in [1.82, 2.24) is 5.32 Å². The van der Waals surface area contributed by atoms with E-state index in [0.29, 0.717) is 5.69 Å². The predicted molar refractivity (Wildman–Crippen MR) is 66.4 cm³/mol. The fraction of sp³-hybridized carbons (Fsp3) is 0.364. The predicted octanol–water partition coefficient (Wildman–Crippen LogP) is 2.85. The maximum Gasteiger partial charge on any atom is 0.401 e. The molecule has 0 aromatic heterocycles. The van der Waals surface area contributed by atoms with E-state index in [2.05, 4.69) is 21.2 Å². The van der Waals surface area contributed by atoms with Crippen molar-refractivity contribution in [2.45, 2.75) is 13.1 Å². The molecule has 0 aliphatic carbocycles. The van der Waals surface area contributed by atoms with E-state index in [-0.39, 0.29) is 6.54 Å². The Morgan fingerprint density at radius 3 is 2.67 bits per heavy atom. The summed E-state index contributed by atoms with van der Waals surface area (Å²) in [4.78, 5) is 11.4. The lowest BCUT2D eigenvalue weighted by Gasteiger charge is -2.10. The number of carbonyl (C=O) groups is 1. The van der Waals surface area contributed by atoms with E-state index >= 15 is 0 Å². The quantitative estimate of drug-likeness (QED) is 0.894. The summed E-state index contributed by atoms with van der Waals surface area (Å²) in [6, 6.07) is 5.30. The Balaban J connectivity index is 2.47. The van der Waals surface area contributed by atoms with E-state index < -0.39 is 18.6 Å². The number of hydrogen-bond donors (Lipinski definition) is 2. The zero-order valence-electron chi connectivity index (χ0n) is 9.57. The highest BCUT2D eigenvalue weighted by molar-refractivity contribution is 9.10. The number of amides is 1. The van der Waals surface area contributed by atoms with Crippen molar-refractivity contribution in [3.05, 3.63) is 28.2 Å². The Labute approximate surface area is 111 Å². The fourth-order valence-electron chi connectivity index (χ4n) is 1.24. The Morgan fingerprint density at radius 1 is 1.39 bits per heavy atom. The second-order valence-corrected chi connectivity index (χ2v) is 4.64. The van der Waals surface area contributed by atoms with E-state index in [0.717, 1.165) is 10.0 Å². The molecule has 0 fully saturated rings. The second kappa shape index (κ2) is 6.19. The second-order valence-electron chi connectivity index (χ2n) is 3.73. The van der Waals surface area contributed by atoms with Gasteiger partial charge in [-0.15, -0.1) is 0 Å². The van der Waals surface area contributed by atoms with Gasteiger partial charge in [0, 0.05) is 10.2 Å².